The Morgan fingerprint density at radius 3 is 3.06 bits per heavy atom. The summed E-state index contributed by atoms with van der Waals surface area (Å²) in [5, 5.41) is 9.41. The summed E-state index contributed by atoms with van der Waals surface area (Å²) in [6.45, 7) is 1.34. The first-order valence-corrected chi connectivity index (χ1v) is 6.37. The summed E-state index contributed by atoms with van der Waals surface area (Å²) in [5.41, 5.74) is 1.42. The van der Waals surface area contributed by atoms with Gasteiger partial charge in [0.05, 0.1) is 0 Å². The maximum Gasteiger partial charge on any atom is 0.407 e. The van der Waals surface area contributed by atoms with Crippen LogP contribution in [0.4, 0.5) is 4.79 Å². The molecule has 0 aliphatic carbocycles. The second-order valence-electron chi connectivity index (χ2n) is 4.32. The molecule has 0 radical (unpaired) electrons. The lowest BCUT2D eigenvalue weighted by atomic mass is 9.89. The number of thioether (sulfide) groups is 1. The zero-order valence-electron chi connectivity index (χ0n) is 8.80. The molecule has 3 nitrogen and oxygen atoms in total. The van der Waals surface area contributed by atoms with Gasteiger partial charge in [-0.15, -0.1) is 11.8 Å². The van der Waals surface area contributed by atoms with E-state index in [2.05, 4.69) is 24.3 Å². The number of nitrogens with zero attached hydrogens (tertiary/aromatic N) is 1. The minimum Gasteiger partial charge on any atom is -0.465 e. The van der Waals surface area contributed by atoms with Crippen molar-refractivity contribution in [2.24, 2.45) is 0 Å². The Balaban J connectivity index is 1.85. The van der Waals surface area contributed by atoms with Crippen molar-refractivity contribution in [3.8, 4) is 0 Å². The van der Waals surface area contributed by atoms with Crippen molar-refractivity contribution in [2.75, 3.05) is 13.1 Å². The average molecular weight is 235 g/mol. The SMILES string of the molecule is O=C(O)N1CCC2c3ccccc3SC2C1. The van der Waals surface area contributed by atoms with Gasteiger partial charge < -0.3 is 10.0 Å². The van der Waals surface area contributed by atoms with Gasteiger partial charge in [0.1, 0.15) is 0 Å². The van der Waals surface area contributed by atoms with E-state index in [-0.39, 0.29) is 0 Å². The molecule has 0 saturated carbocycles. The minimum absolute atomic E-state index is 0.419. The van der Waals surface area contributed by atoms with Gasteiger partial charge in [0.15, 0.2) is 0 Å². The highest BCUT2D eigenvalue weighted by Gasteiger charge is 2.38. The van der Waals surface area contributed by atoms with Crippen LogP contribution in [-0.2, 0) is 0 Å². The fourth-order valence-electron chi connectivity index (χ4n) is 2.62. The van der Waals surface area contributed by atoms with Crippen LogP contribution in [-0.4, -0.2) is 34.4 Å². The van der Waals surface area contributed by atoms with Crippen LogP contribution in [0, 0.1) is 0 Å². The molecule has 4 heteroatoms. The van der Waals surface area contributed by atoms with E-state index in [0.717, 1.165) is 6.42 Å². The van der Waals surface area contributed by atoms with Crippen molar-refractivity contribution in [3.05, 3.63) is 29.8 Å². The Morgan fingerprint density at radius 2 is 2.25 bits per heavy atom. The van der Waals surface area contributed by atoms with Crippen molar-refractivity contribution in [3.63, 3.8) is 0 Å². The largest absolute Gasteiger partial charge is 0.465 e. The number of benzene rings is 1. The highest BCUT2D eigenvalue weighted by Crippen LogP contribution is 2.48. The summed E-state index contributed by atoms with van der Waals surface area (Å²) in [6.07, 6.45) is 0.177. The molecule has 2 atom stereocenters. The van der Waals surface area contributed by atoms with Gasteiger partial charge in [0.2, 0.25) is 0 Å². The monoisotopic (exact) mass is 235 g/mol. The average Bonchev–Trinajstić information content (AvgIpc) is 2.66. The van der Waals surface area contributed by atoms with Crippen molar-refractivity contribution >= 4 is 17.9 Å². The van der Waals surface area contributed by atoms with E-state index < -0.39 is 6.09 Å². The Hall–Kier alpha value is -1.16. The van der Waals surface area contributed by atoms with Crippen LogP contribution in [0.2, 0.25) is 0 Å². The lowest BCUT2D eigenvalue weighted by Gasteiger charge is -2.32. The molecule has 0 spiro atoms. The number of carboxylic acid groups (broad SMARTS) is 1. The molecule has 1 aromatic rings. The summed E-state index contributed by atoms with van der Waals surface area (Å²) >= 11 is 1.84. The van der Waals surface area contributed by atoms with E-state index in [1.54, 1.807) is 4.90 Å². The lowest BCUT2D eigenvalue weighted by Crippen LogP contribution is -2.42. The summed E-state index contributed by atoms with van der Waals surface area (Å²) in [7, 11) is 0. The number of amides is 1. The van der Waals surface area contributed by atoms with Gasteiger partial charge in [-0.25, -0.2) is 4.79 Å². The van der Waals surface area contributed by atoms with E-state index in [4.69, 9.17) is 5.11 Å². The maximum absolute atomic E-state index is 10.9. The zero-order valence-corrected chi connectivity index (χ0v) is 9.61. The summed E-state index contributed by atoms with van der Waals surface area (Å²) in [5.74, 6) is 0.553. The molecule has 3 rings (SSSR count). The molecular formula is C12H13NO2S. The van der Waals surface area contributed by atoms with E-state index in [0.29, 0.717) is 24.3 Å². The summed E-state index contributed by atoms with van der Waals surface area (Å²) < 4.78 is 0. The van der Waals surface area contributed by atoms with E-state index in [1.807, 2.05) is 11.8 Å². The molecule has 0 aromatic heterocycles. The van der Waals surface area contributed by atoms with Crippen LogP contribution in [0.5, 0.6) is 0 Å². The third kappa shape index (κ3) is 1.48. The molecule has 2 aliphatic rings. The topological polar surface area (TPSA) is 40.5 Å². The van der Waals surface area contributed by atoms with Gasteiger partial charge in [0, 0.05) is 29.2 Å². The fourth-order valence-corrected chi connectivity index (χ4v) is 4.16. The van der Waals surface area contributed by atoms with E-state index in [9.17, 15) is 4.79 Å². The number of carbonyl (C=O) groups is 1. The van der Waals surface area contributed by atoms with Gasteiger partial charge in [-0.3, -0.25) is 0 Å². The number of hydrogen-bond acceptors (Lipinski definition) is 2. The first-order chi connectivity index (χ1) is 7.75. The third-order valence-corrected chi connectivity index (χ3v) is 4.83. The Labute approximate surface area is 98.4 Å². The van der Waals surface area contributed by atoms with Gasteiger partial charge in [-0.05, 0) is 18.1 Å². The highest BCUT2D eigenvalue weighted by molar-refractivity contribution is 8.00. The lowest BCUT2D eigenvalue weighted by molar-refractivity contribution is 0.134. The first-order valence-electron chi connectivity index (χ1n) is 5.49. The molecular weight excluding hydrogens is 222 g/mol. The van der Waals surface area contributed by atoms with Crippen LogP contribution in [0.15, 0.2) is 29.2 Å². The fraction of sp³-hybridized carbons (Fsp3) is 0.417. The normalized spacial score (nSPS) is 27.4. The second-order valence-corrected chi connectivity index (χ2v) is 5.60. The van der Waals surface area contributed by atoms with Gasteiger partial charge in [0.25, 0.3) is 0 Å². The number of rotatable bonds is 0. The van der Waals surface area contributed by atoms with Gasteiger partial charge >= 0.3 is 6.09 Å². The quantitative estimate of drug-likeness (QED) is 0.751. The van der Waals surface area contributed by atoms with Crippen LogP contribution in [0.25, 0.3) is 0 Å². The second kappa shape index (κ2) is 3.70. The third-order valence-electron chi connectivity index (χ3n) is 3.43. The molecule has 16 heavy (non-hydrogen) atoms. The smallest absolute Gasteiger partial charge is 0.407 e. The zero-order chi connectivity index (χ0) is 11.1. The summed E-state index contributed by atoms with van der Waals surface area (Å²) in [6, 6.07) is 8.45. The number of hydrogen-bond donors (Lipinski definition) is 1. The molecule has 1 aromatic carbocycles. The molecule has 1 saturated heterocycles. The number of piperidine rings is 1. The minimum atomic E-state index is -0.782. The molecule has 1 fully saturated rings. The molecule has 2 unspecified atom stereocenters. The van der Waals surface area contributed by atoms with Gasteiger partial charge in [-0.1, -0.05) is 18.2 Å². The standard InChI is InChI=1S/C12H13NO2S/c14-12(15)13-6-5-9-8-3-1-2-4-10(8)16-11(9)7-13/h1-4,9,11H,5-7H2,(H,14,15). The predicted octanol–water partition coefficient (Wildman–Crippen LogP) is 2.63. The highest BCUT2D eigenvalue weighted by atomic mass is 32.2. The molecule has 0 bridgehead atoms. The number of fused-ring (bicyclic) bond motifs is 3. The van der Waals surface area contributed by atoms with E-state index in [1.165, 1.54) is 10.5 Å². The molecule has 1 N–H and O–H groups in total. The van der Waals surface area contributed by atoms with Crippen molar-refractivity contribution in [2.45, 2.75) is 22.5 Å². The van der Waals surface area contributed by atoms with Crippen LogP contribution >= 0.6 is 11.8 Å². The van der Waals surface area contributed by atoms with E-state index >= 15 is 0 Å². The molecule has 84 valence electrons. The Kier molecular flexibility index (Phi) is 2.32. The number of likely N-dealkylation sites (tertiary alicyclic amines) is 1. The Bertz CT molecular complexity index is 435. The maximum atomic E-state index is 10.9. The van der Waals surface area contributed by atoms with Crippen LogP contribution < -0.4 is 0 Å². The van der Waals surface area contributed by atoms with Crippen molar-refractivity contribution in [1.29, 1.82) is 0 Å². The van der Waals surface area contributed by atoms with Crippen LogP contribution in [0.3, 0.4) is 0 Å². The first kappa shape index (κ1) is 10.0. The van der Waals surface area contributed by atoms with Crippen molar-refractivity contribution < 1.29 is 9.90 Å². The van der Waals surface area contributed by atoms with Gasteiger partial charge in [-0.2, -0.15) is 0 Å². The molecule has 1 amide bonds. The predicted molar refractivity (Wildman–Crippen MR) is 63.0 cm³/mol. The molecule has 2 aliphatic heterocycles. The van der Waals surface area contributed by atoms with Crippen LogP contribution in [0.1, 0.15) is 17.9 Å². The van der Waals surface area contributed by atoms with Crippen molar-refractivity contribution in [1.82, 2.24) is 4.90 Å². The summed E-state index contributed by atoms with van der Waals surface area (Å²) in [4.78, 5) is 13.8. The Morgan fingerprint density at radius 1 is 1.44 bits per heavy atom. The molecule has 2 heterocycles.